The van der Waals surface area contributed by atoms with Gasteiger partial charge < -0.3 is 15.5 Å². The molecule has 0 aliphatic rings. The minimum absolute atomic E-state index is 0.220. The van der Waals surface area contributed by atoms with Crippen molar-refractivity contribution in [3.8, 4) is 17.1 Å². The molecule has 10 heteroatoms. The molecule has 0 aliphatic carbocycles. The van der Waals surface area contributed by atoms with E-state index in [0.29, 0.717) is 56.9 Å². The summed E-state index contributed by atoms with van der Waals surface area (Å²) < 4.78 is 7.28. The molecule has 0 amide bonds. The van der Waals surface area contributed by atoms with Crippen LogP contribution >= 0.6 is 11.6 Å². The second-order valence-corrected chi connectivity index (χ2v) is 8.35. The number of nitrogens with one attached hydrogen (secondary N) is 1. The molecule has 35 heavy (non-hydrogen) atoms. The molecule has 0 saturated carbocycles. The summed E-state index contributed by atoms with van der Waals surface area (Å²) in [5.41, 5.74) is 7.55. The Morgan fingerprint density at radius 2 is 1.91 bits per heavy atom. The largest absolute Gasteiger partial charge is 0.441 e. The number of nitrogen functional groups attached to an aromatic ring is 1. The first kappa shape index (κ1) is 22.5. The molecule has 0 spiro atoms. The maximum Gasteiger partial charge on any atom is 0.267 e. The molecule has 0 radical (unpaired) electrons. The summed E-state index contributed by atoms with van der Waals surface area (Å²) in [5, 5.41) is 4.10. The van der Waals surface area contributed by atoms with E-state index in [0.717, 1.165) is 0 Å². The molecule has 5 rings (SSSR count). The van der Waals surface area contributed by atoms with Crippen molar-refractivity contribution in [2.24, 2.45) is 0 Å². The van der Waals surface area contributed by atoms with Gasteiger partial charge in [0.25, 0.3) is 5.56 Å². The Morgan fingerprint density at radius 3 is 2.63 bits per heavy atom. The smallest absolute Gasteiger partial charge is 0.267 e. The summed E-state index contributed by atoms with van der Waals surface area (Å²) in [6.45, 7) is 3.78. The SMILES string of the molecule is CC[C@H](Nc1ncnc(N)c1-c1ncc(C)o1)c1nc2cccc(Cl)c2c(=O)n1-c1ccccc1. The monoisotopic (exact) mass is 487 g/mol. The Labute approximate surface area is 205 Å². The van der Waals surface area contributed by atoms with Crippen LogP contribution in [0.1, 0.15) is 31.0 Å². The molecule has 1 atom stereocenters. The van der Waals surface area contributed by atoms with Gasteiger partial charge >= 0.3 is 0 Å². The molecule has 0 aliphatic heterocycles. The predicted molar refractivity (Wildman–Crippen MR) is 136 cm³/mol. The Balaban J connectivity index is 1.71. The van der Waals surface area contributed by atoms with Gasteiger partial charge in [-0.05, 0) is 37.6 Å². The number of hydrogen-bond donors (Lipinski definition) is 2. The summed E-state index contributed by atoms with van der Waals surface area (Å²) in [5.74, 6) is 2.08. The summed E-state index contributed by atoms with van der Waals surface area (Å²) >= 11 is 6.41. The topological polar surface area (TPSA) is 125 Å². The zero-order valence-electron chi connectivity index (χ0n) is 19.1. The van der Waals surface area contributed by atoms with Gasteiger partial charge in [-0.25, -0.2) is 19.9 Å². The number of aryl methyl sites for hydroxylation is 1. The number of hydrogen-bond acceptors (Lipinski definition) is 8. The van der Waals surface area contributed by atoms with E-state index in [1.54, 1.807) is 35.9 Å². The van der Waals surface area contributed by atoms with Crippen LogP contribution in [0.25, 0.3) is 28.0 Å². The maximum absolute atomic E-state index is 13.7. The summed E-state index contributed by atoms with van der Waals surface area (Å²) in [6, 6.07) is 14.1. The molecule has 3 N–H and O–H groups in total. The first-order valence-electron chi connectivity index (χ1n) is 11.0. The second-order valence-electron chi connectivity index (χ2n) is 7.94. The van der Waals surface area contributed by atoms with Crippen molar-refractivity contribution in [3.63, 3.8) is 0 Å². The fraction of sp³-hybridized carbons (Fsp3) is 0.160. The highest BCUT2D eigenvalue weighted by molar-refractivity contribution is 6.35. The van der Waals surface area contributed by atoms with Crippen LogP contribution in [0.15, 0.2) is 70.3 Å². The lowest BCUT2D eigenvalue weighted by Crippen LogP contribution is -2.28. The van der Waals surface area contributed by atoms with Crippen molar-refractivity contribution in [2.45, 2.75) is 26.3 Å². The standard InChI is InChI=1S/C25H22ClN7O2/c1-3-17(31-22-20(21(27)29-13-30-22)24-28-12-14(2)35-24)23-32-18-11-7-10-16(26)19(18)25(34)33(23)15-8-5-4-6-9-15/h4-13,17H,3H2,1-2H3,(H3,27,29,30,31)/t17-/m0/s1. The van der Waals surface area contributed by atoms with E-state index in [1.807, 2.05) is 37.3 Å². The molecular weight excluding hydrogens is 466 g/mol. The highest BCUT2D eigenvalue weighted by Gasteiger charge is 2.24. The summed E-state index contributed by atoms with van der Waals surface area (Å²) in [4.78, 5) is 31.4. The number of rotatable bonds is 6. The van der Waals surface area contributed by atoms with Gasteiger partial charge in [0.1, 0.15) is 35.1 Å². The lowest BCUT2D eigenvalue weighted by atomic mass is 10.1. The fourth-order valence-corrected chi connectivity index (χ4v) is 4.22. The van der Waals surface area contributed by atoms with Crippen molar-refractivity contribution in [2.75, 3.05) is 11.1 Å². The van der Waals surface area contributed by atoms with Crippen LogP contribution in [0.4, 0.5) is 11.6 Å². The number of benzene rings is 2. The van der Waals surface area contributed by atoms with E-state index in [4.69, 9.17) is 26.7 Å². The number of anilines is 2. The van der Waals surface area contributed by atoms with Gasteiger partial charge in [-0.3, -0.25) is 9.36 Å². The van der Waals surface area contributed by atoms with Gasteiger partial charge in [-0.1, -0.05) is 42.8 Å². The molecule has 0 bridgehead atoms. The Morgan fingerprint density at radius 1 is 1.11 bits per heavy atom. The van der Waals surface area contributed by atoms with E-state index in [2.05, 4.69) is 20.3 Å². The number of aromatic nitrogens is 5. The van der Waals surface area contributed by atoms with Crippen molar-refractivity contribution >= 4 is 34.1 Å². The van der Waals surface area contributed by atoms with Crippen LogP contribution in [0, 0.1) is 6.92 Å². The van der Waals surface area contributed by atoms with E-state index in [-0.39, 0.29) is 11.4 Å². The minimum Gasteiger partial charge on any atom is -0.441 e. The van der Waals surface area contributed by atoms with Gasteiger partial charge in [0.05, 0.1) is 33.9 Å². The van der Waals surface area contributed by atoms with Gasteiger partial charge in [0.15, 0.2) is 0 Å². The molecule has 0 fully saturated rings. The molecule has 176 valence electrons. The van der Waals surface area contributed by atoms with Gasteiger partial charge in [-0.15, -0.1) is 0 Å². The summed E-state index contributed by atoms with van der Waals surface area (Å²) in [7, 11) is 0. The van der Waals surface area contributed by atoms with Crippen LogP contribution in [-0.4, -0.2) is 24.5 Å². The number of halogens is 1. The third kappa shape index (κ3) is 4.10. The minimum atomic E-state index is -0.421. The fourth-order valence-electron chi connectivity index (χ4n) is 3.97. The van der Waals surface area contributed by atoms with E-state index < -0.39 is 6.04 Å². The van der Waals surface area contributed by atoms with Crippen LogP contribution in [-0.2, 0) is 0 Å². The molecule has 0 saturated heterocycles. The highest BCUT2D eigenvalue weighted by Crippen LogP contribution is 2.33. The third-order valence-electron chi connectivity index (χ3n) is 5.63. The van der Waals surface area contributed by atoms with Crippen LogP contribution in [0.5, 0.6) is 0 Å². The van der Waals surface area contributed by atoms with Crippen molar-refractivity contribution in [1.29, 1.82) is 0 Å². The molecule has 9 nitrogen and oxygen atoms in total. The highest BCUT2D eigenvalue weighted by atomic mass is 35.5. The number of oxazole rings is 1. The molecule has 3 heterocycles. The normalized spacial score (nSPS) is 12.1. The molecule has 3 aromatic heterocycles. The molecule has 0 unspecified atom stereocenters. The molecule has 5 aromatic rings. The average Bonchev–Trinajstić information content (AvgIpc) is 3.28. The van der Waals surface area contributed by atoms with Gasteiger partial charge in [0, 0.05) is 0 Å². The van der Waals surface area contributed by atoms with Crippen LogP contribution < -0.4 is 16.6 Å². The summed E-state index contributed by atoms with van der Waals surface area (Å²) in [6.07, 6.45) is 3.55. The first-order valence-corrected chi connectivity index (χ1v) is 11.4. The quantitative estimate of drug-likeness (QED) is 0.345. The zero-order valence-corrected chi connectivity index (χ0v) is 19.8. The second kappa shape index (κ2) is 9.19. The van der Waals surface area contributed by atoms with E-state index in [1.165, 1.54) is 6.33 Å². The van der Waals surface area contributed by atoms with Crippen molar-refractivity contribution < 1.29 is 4.42 Å². The van der Waals surface area contributed by atoms with Gasteiger partial charge in [0.2, 0.25) is 5.89 Å². The first-order chi connectivity index (χ1) is 17.0. The zero-order chi connectivity index (χ0) is 24.5. The van der Waals surface area contributed by atoms with E-state index in [9.17, 15) is 4.79 Å². The Hall–Kier alpha value is -4.24. The molecule has 2 aromatic carbocycles. The third-order valence-corrected chi connectivity index (χ3v) is 5.94. The number of nitrogens with two attached hydrogens (primary N) is 1. The lowest BCUT2D eigenvalue weighted by molar-refractivity contribution is 0.542. The number of para-hydroxylation sites is 1. The Bertz CT molecular complexity index is 1580. The predicted octanol–water partition coefficient (Wildman–Crippen LogP) is 4.94. The molecular formula is C25H22ClN7O2. The van der Waals surface area contributed by atoms with Crippen molar-refractivity contribution in [3.05, 3.63) is 88.0 Å². The van der Waals surface area contributed by atoms with Crippen LogP contribution in [0.2, 0.25) is 5.02 Å². The van der Waals surface area contributed by atoms with Gasteiger partial charge in [-0.2, -0.15) is 0 Å². The number of fused-ring (bicyclic) bond motifs is 1. The lowest BCUT2D eigenvalue weighted by Gasteiger charge is -2.23. The Kier molecular flexibility index (Phi) is 5.92. The number of nitrogens with zero attached hydrogens (tertiary/aromatic N) is 5. The average molecular weight is 488 g/mol. The van der Waals surface area contributed by atoms with Crippen molar-refractivity contribution in [1.82, 2.24) is 24.5 Å². The van der Waals surface area contributed by atoms with Crippen LogP contribution in [0.3, 0.4) is 0 Å². The maximum atomic E-state index is 13.7. The van der Waals surface area contributed by atoms with E-state index >= 15 is 0 Å².